The molecule has 4 nitrogen and oxygen atoms in total. The smallest absolute Gasteiger partial charge is 0.305 e. The first-order chi connectivity index (χ1) is 6.69. The number of rotatable bonds is 4. The van der Waals surface area contributed by atoms with Crippen molar-refractivity contribution in [3.05, 3.63) is 0 Å². The number of carbonyl (C=O) groups is 1. The van der Waals surface area contributed by atoms with Crippen LogP contribution in [-0.4, -0.2) is 33.1 Å². The van der Waals surface area contributed by atoms with E-state index in [4.69, 9.17) is 9.47 Å². The number of hydrogen-bond acceptors (Lipinski definition) is 4. The summed E-state index contributed by atoms with van der Waals surface area (Å²) in [6, 6.07) is 0. The van der Waals surface area contributed by atoms with Crippen LogP contribution in [0, 0.1) is 11.8 Å². The summed E-state index contributed by atoms with van der Waals surface area (Å²) in [5.74, 6) is 0.383. The van der Waals surface area contributed by atoms with E-state index in [0.717, 1.165) is 6.42 Å². The van der Waals surface area contributed by atoms with Crippen LogP contribution < -0.4 is 0 Å². The average molecular weight is 202 g/mol. The lowest BCUT2D eigenvalue weighted by Crippen LogP contribution is -2.25. The molecule has 0 amide bonds. The van der Waals surface area contributed by atoms with Crippen LogP contribution in [0.4, 0.5) is 0 Å². The first-order valence-electron chi connectivity index (χ1n) is 4.90. The van der Waals surface area contributed by atoms with Gasteiger partial charge in [-0.05, 0) is 12.3 Å². The Morgan fingerprint density at radius 2 is 2.29 bits per heavy atom. The maximum Gasteiger partial charge on any atom is 0.305 e. The maximum absolute atomic E-state index is 11.1. The third-order valence-corrected chi connectivity index (χ3v) is 2.76. The molecule has 82 valence electrons. The fourth-order valence-electron chi connectivity index (χ4n) is 1.87. The van der Waals surface area contributed by atoms with Crippen molar-refractivity contribution in [3.8, 4) is 0 Å². The molecule has 0 N–H and O–H groups in total. The SMILES string of the molecule is COC(=O)C[C@H](C)[C@@H]1CCO[C@H]1OC. The molecule has 0 bridgehead atoms. The Kier molecular flexibility index (Phi) is 4.35. The predicted molar refractivity (Wildman–Crippen MR) is 50.7 cm³/mol. The molecule has 0 aromatic heterocycles. The Hall–Kier alpha value is -0.610. The minimum atomic E-state index is -0.167. The van der Waals surface area contributed by atoms with E-state index in [0.29, 0.717) is 18.9 Å². The molecule has 1 saturated heterocycles. The Labute approximate surface area is 84.5 Å². The van der Waals surface area contributed by atoms with Gasteiger partial charge in [0.15, 0.2) is 6.29 Å². The summed E-state index contributed by atoms with van der Waals surface area (Å²) in [5, 5.41) is 0. The van der Waals surface area contributed by atoms with Gasteiger partial charge >= 0.3 is 5.97 Å². The Morgan fingerprint density at radius 3 is 2.86 bits per heavy atom. The first kappa shape index (κ1) is 11.5. The lowest BCUT2D eigenvalue weighted by molar-refractivity contribution is -0.145. The highest BCUT2D eigenvalue weighted by Gasteiger charge is 2.33. The zero-order valence-corrected chi connectivity index (χ0v) is 8.99. The van der Waals surface area contributed by atoms with Crippen LogP contribution in [0.25, 0.3) is 0 Å². The molecule has 1 fully saturated rings. The van der Waals surface area contributed by atoms with Crippen LogP contribution in [0.15, 0.2) is 0 Å². The summed E-state index contributed by atoms with van der Waals surface area (Å²) in [6.45, 7) is 2.75. The third kappa shape index (κ3) is 2.69. The van der Waals surface area contributed by atoms with E-state index in [1.54, 1.807) is 7.11 Å². The predicted octanol–water partition coefficient (Wildman–Crippen LogP) is 1.19. The number of esters is 1. The first-order valence-corrected chi connectivity index (χ1v) is 4.90. The van der Waals surface area contributed by atoms with Crippen molar-refractivity contribution in [2.45, 2.75) is 26.1 Å². The van der Waals surface area contributed by atoms with Crippen molar-refractivity contribution in [3.63, 3.8) is 0 Å². The quantitative estimate of drug-likeness (QED) is 0.642. The van der Waals surface area contributed by atoms with Gasteiger partial charge in [0, 0.05) is 19.4 Å². The Balaban J connectivity index is 2.42. The van der Waals surface area contributed by atoms with E-state index in [9.17, 15) is 4.79 Å². The summed E-state index contributed by atoms with van der Waals surface area (Å²) in [6.07, 6.45) is 1.23. The lowest BCUT2D eigenvalue weighted by atomic mass is 9.89. The largest absolute Gasteiger partial charge is 0.469 e. The zero-order valence-electron chi connectivity index (χ0n) is 8.99. The Bertz CT molecular complexity index is 193. The number of methoxy groups -OCH3 is 2. The van der Waals surface area contributed by atoms with Gasteiger partial charge in [0.1, 0.15) is 0 Å². The minimum Gasteiger partial charge on any atom is -0.469 e. The molecule has 0 radical (unpaired) electrons. The van der Waals surface area contributed by atoms with E-state index < -0.39 is 0 Å². The highest BCUT2D eigenvalue weighted by atomic mass is 16.7. The topological polar surface area (TPSA) is 44.8 Å². The molecule has 1 aliphatic rings. The molecule has 0 saturated carbocycles. The van der Waals surface area contributed by atoms with Crippen molar-refractivity contribution in [2.75, 3.05) is 20.8 Å². The molecule has 0 aromatic carbocycles. The van der Waals surface area contributed by atoms with Gasteiger partial charge in [-0.25, -0.2) is 0 Å². The molecular weight excluding hydrogens is 184 g/mol. The molecule has 3 atom stereocenters. The molecular formula is C10H18O4. The van der Waals surface area contributed by atoms with Crippen LogP contribution in [0.5, 0.6) is 0 Å². The number of carbonyl (C=O) groups excluding carboxylic acids is 1. The van der Waals surface area contributed by atoms with Gasteiger partial charge in [0.05, 0.1) is 13.7 Å². The fourth-order valence-corrected chi connectivity index (χ4v) is 1.87. The van der Waals surface area contributed by atoms with E-state index in [-0.39, 0.29) is 18.2 Å². The highest BCUT2D eigenvalue weighted by molar-refractivity contribution is 5.69. The highest BCUT2D eigenvalue weighted by Crippen LogP contribution is 2.30. The summed E-state index contributed by atoms with van der Waals surface area (Å²) < 4.78 is 15.2. The molecule has 1 rings (SSSR count). The second kappa shape index (κ2) is 5.32. The minimum absolute atomic E-state index is 0.158. The van der Waals surface area contributed by atoms with Crippen LogP contribution in [0.1, 0.15) is 19.8 Å². The number of ether oxygens (including phenoxy) is 3. The van der Waals surface area contributed by atoms with Crippen molar-refractivity contribution in [1.29, 1.82) is 0 Å². The van der Waals surface area contributed by atoms with Gasteiger partial charge in [0.2, 0.25) is 0 Å². The van der Waals surface area contributed by atoms with Crippen molar-refractivity contribution in [2.24, 2.45) is 11.8 Å². The third-order valence-electron chi connectivity index (χ3n) is 2.76. The zero-order chi connectivity index (χ0) is 10.6. The Morgan fingerprint density at radius 1 is 1.57 bits per heavy atom. The molecule has 0 aromatic rings. The van der Waals surface area contributed by atoms with E-state index in [1.165, 1.54) is 7.11 Å². The molecule has 14 heavy (non-hydrogen) atoms. The number of hydrogen-bond donors (Lipinski definition) is 0. The summed E-state index contributed by atoms with van der Waals surface area (Å²) in [7, 11) is 3.04. The van der Waals surface area contributed by atoms with E-state index in [1.807, 2.05) is 6.92 Å². The van der Waals surface area contributed by atoms with Gasteiger partial charge in [-0.15, -0.1) is 0 Å². The standard InChI is InChI=1S/C10H18O4/c1-7(6-9(11)12-2)8-4-5-14-10(8)13-3/h7-8,10H,4-6H2,1-3H3/t7-,8-,10+/m0/s1. The van der Waals surface area contributed by atoms with Crippen molar-refractivity contribution >= 4 is 5.97 Å². The molecule has 1 heterocycles. The van der Waals surface area contributed by atoms with Crippen LogP contribution in [0.2, 0.25) is 0 Å². The van der Waals surface area contributed by atoms with Crippen LogP contribution in [0.3, 0.4) is 0 Å². The lowest BCUT2D eigenvalue weighted by Gasteiger charge is -2.22. The normalized spacial score (nSPS) is 28.8. The summed E-state index contributed by atoms with van der Waals surface area (Å²) in [4.78, 5) is 11.1. The van der Waals surface area contributed by atoms with Crippen LogP contribution in [-0.2, 0) is 19.0 Å². The molecule has 0 unspecified atom stereocenters. The average Bonchev–Trinajstić information content (AvgIpc) is 2.65. The summed E-state index contributed by atoms with van der Waals surface area (Å²) >= 11 is 0. The van der Waals surface area contributed by atoms with Crippen LogP contribution >= 0.6 is 0 Å². The second-order valence-electron chi connectivity index (χ2n) is 3.68. The fraction of sp³-hybridized carbons (Fsp3) is 0.900. The van der Waals surface area contributed by atoms with Crippen molar-refractivity contribution in [1.82, 2.24) is 0 Å². The van der Waals surface area contributed by atoms with Gasteiger partial charge in [0.25, 0.3) is 0 Å². The van der Waals surface area contributed by atoms with Gasteiger partial charge in [-0.2, -0.15) is 0 Å². The molecule has 0 spiro atoms. The molecule has 1 aliphatic heterocycles. The monoisotopic (exact) mass is 202 g/mol. The van der Waals surface area contributed by atoms with E-state index in [2.05, 4.69) is 4.74 Å². The van der Waals surface area contributed by atoms with Gasteiger partial charge in [-0.3, -0.25) is 4.79 Å². The maximum atomic E-state index is 11.1. The van der Waals surface area contributed by atoms with Gasteiger partial charge in [-0.1, -0.05) is 6.92 Å². The molecule has 4 heteroatoms. The second-order valence-corrected chi connectivity index (χ2v) is 3.68. The summed E-state index contributed by atoms with van der Waals surface area (Å²) in [5.41, 5.74) is 0. The van der Waals surface area contributed by atoms with Crippen molar-refractivity contribution < 1.29 is 19.0 Å². The van der Waals surface area contributed by atoms with Gasteiger partial charge < -0.3 is 14.2 Å². The van der Waals surface area contributed by atoms with E-state index >= 15 is 0 Å². The molecule has 0 aliphatic carbocycles.